The molecule has 0 rings (SSSR count). The normalized spacial score (nSPS) is 3.87. The zero-order chi connectivity index (χ0) is 4.50. The van der Waals surface area contributed by atoms with Crippen molar-refractivity contribution in [2.24, 2.45) is 0 Å². The Morgan fingerprint density at radius 3 is 0.533 bits per heavy atom. The van der Waals surface area contributed by atoms with Gasteiger partial charge in [-0.3, -0.25) is 8.42 Å². The molecule has 13 nitrogen and oxygen atoms in total. The third-order valence-electron chi connectivity index (χ3n) is 0. The van der Waals surface area contributed by atoms with Crippen LogP contribution in [0.2, 0.25) is 0 Å². The monoisotopic (exact) mass is 397 g/mol. The second-order valence-electron chi connectivity index (χ2n) is 0.408. The van der Waals surface area contributed by atoms with E-state index in [2.05, 4.69) is 0 Å². The van der Waals surface area contributed by atoms with Crippen molar-refractivity contribution in [1.29, 1.82) is 0 Å². The summed E-state index contributed by atoms with van der Waals surface area (Å²) in [6.07, 6.45) is 0. The Hall–Kier alpha value is 0.705. The third kappa shape index (κ3) is 4780. The molecule has 0 saturated carbocycles. The summed E-state index contributed by atoms with van der Waals surface area (Å²) < 4.78 is 34.1. The topological polar surface area (TPSA) is 364 Å². The Labute approximate surface area is 112 Å². The minimum Gasteiger partial charge on any atom is -0.759 e. The maximum atomic E-state index is 8.52. The molecule has 0 fully saturated rings. The van der Waals surface area contributed by atoms with Crippen LogP contribution in [0.5, 0.6) is 0 Å². The van der Waals surface area contributed by atoms with Gasteiger partial charge < -0.3 is 58.4 Å². The number of hydrogen-bond acceptors (Lipinski definition) is 4. The van der Waals surface area contributed by atoms with Crippen LogP contribution in [0.3, 0.4) is 0 Å². The van der Waals surface area contributed by atoms with Crippen LogP contribution in [0.15, 0.2) is 0 Å². The number of rotatable bonds is 0. The first kappa shape index (κ1) is 153. The molecular weight excluding hydrogens is 379 g/mol. The molecule has 0 aliphatic heterocycles. The van der Waals surface area contributed by atoms with Crippen LogP contribution >= 0.6 is 0 Å². The fourth-order valence-corrected chi connectivity index (χ4v) is 0. The average molecular weight is 397 g/mol. The molecule has 0 aromatic heterocycles. The minimum absolute atomic E-state index is 0. The third-order valence-corrected chi connectivity index (χ3v) is 0. The molecule has 0 unspecified atom stereocenters. The molecule has 0 amide bonds. The van der Waals surface area contributed by atoms with Crippen molar-refractivity contribution in [1.82, 2.24) is 0 Å². The van der Waals surface area contributed by atoms with Crippen LogP contribution in [-0.4, -0.2) is 66.8 Å². The Bertz CT molecular complexity index is 93.7. The molecule has 0 bridgehead atoms. The molecule has 0 saturated heterocycles. The molecule has 15 heavy (non-hydrogen) atoms. The Balaban J connectivity index is -0.00000000178. The van der Waals surface area contributed by atoms with Crippen molar-refractivity contribution < 1.29 is 102 Å². The average Bonchev–Trinajstić information content (AvgIpc) is 0.722. The van der Waals surface area contributed by atoms with Crippen molar-refractivity contribution in [3.63, 3.8) is 0 Å². The molecule has 18 N–H and O–H groups in total. The van der Waals surface area contributed by atoms with E-state index in [1.54, 1.807) is 0 Å². The number of hydrogen-bond donors (Lipinski definition) is 0. The van der Waals surface area contributed by atoms with E-state index in [4.69, 9.17) is 17.5 Å². The van der Waals surface area contributed by atoms with Gasteiger partial charge in [-0.15, -0.1) is 0 Å². The summed E-state index contributed by atoms with van der Waals surface area (Å²) in [5.41, 5.74) is 0. The van der Waals surface area contributed by atoms with Gasteiger partial charge >= 0.3 is 35.6 Å². The maximum Gasteiger partial charge on any atom is 3.00 e. The predicted octanol–water partition coefficient (Wildman–Crippen LogP) is -8.76. The minimum atomic E-state index is -5.17. The van der Waals surface area contributed by atoms with Gasteiger partial charge in [0.25, 0.3) is 0 Å². The first-order valence-corrected chi connectivity index (χ1v) is 2.00. The van der Waals surface area contributed by atoms with E-state index < -0.39 is 10.4 Å². The van der Waals surface area contributed by atoms with E-state index in [0.717, 1.165) is 0 Å². The van der Waals surface area contributed by atoms with Crippen LogP contribution in [0.1, 0.15) is 0 Å². The molecular formula is H18LaO13S+. The second kappa shape index (κ2) is 61.4. The summed E-state index contributed by atoms with van der Waals surface area (Å²) >= 11 is 0. The fraction of sp³-hybridized carbons (Fsp3) is 0. The van der Waals surface area contributed by atoms with Crippen molar-refractivity contribution in [3.05, 3.63) is 0 Å². The van der Waals surface area contributed by atoms with E-state index in [1.165, 1.54) is 0 Å². The zero-order valence-electron chi connectivity index (χ0n) is 7.12. The van der Waals surface area contributed by atoms with E-state index >= 15 is 0 Å². The van der Waals surface area contributed by atoms with Gasteiger partial charge in [0, 0.05) is 10.4 Å². The molecule has 0 radical (unpaired) electrons. The van der Waals surface area contributed by atoms with Crippen molar-refractivity contribution >= 4 is 10.4 Å². The van der Waals surface area contributed by atoms with Gasteiger partial charge in [-0.1, -0.05) is 0 Å². The summed E-state index contributed by atoms with van der Waals surface area (Å²) in [7, 11) is -5.17. The van der Waals surface area contributed by atoms with E-state index in [0.29, 0.717) is 0 Å². The van der Waals surface area contributed by atoms with Crippen LogP contribution in [0, 0.1) is 35.6 Å². The van der Waals surface area contributed by atoms with Crippen LogP contribution in [0.4, 0.5) is 0 Å². The van der Waals surface area contributed by atoms with Gasteiger partial charge in [0.2, 0.25) is 0 Å². The quantitative estimate of drug-likeness (QED) is 0.283. The Morgan fingerprint density at radius 2 is 0.533 bits per heavy atom. The zero-order valence-corrected chi connectivity index (χ0v) is 11.6. The second-order valence-corrected chi connectivity index (χ2v) is 1.22. The predicted molar refractivity (Wildman–Crippen MR) is 43.0 cm³/mol. The maximum absolute atomic E-state index is 8.52. The van der Waals surface area contributed by atoms with E-state index in [-0.39, 0.29) is 84.9 Å². The van der Waals surface area contributed by atoms with Crippen LogP contribution in [-0.2, 0) is 10.4 Å². The van der Waals surface area contributed by atoms with Crippen LogP contribution in [0.25, 0.3) is 0 Å². The molecule has 15 heteroatoms. The van der Waals surface area contributed by atoms with Crippen molar-refractivity contribution in [2.45, 2.75) is 0 Å². The first-order chi connectivity index (χ1) is 2.00. The van der Waals surface area contributed by atoms with Gasteiger partial charge in [0.1, 0.15) is 0 Å². The first-order valence-electron chi connectivity index (χ1n) is 0.667. The molecule has 0 aliphatic carbocycles. The standard InChI is InChI=1S/La.H2O4S.9H2O/c;1-5(2,3)4;;;;;;;;;/h;(H2,1,2,3,4);9*1H2/q+3;;;;;;;;;;/p-2. The molecule has 0 atom stereocenters. The van der Waals surface area contributed by atoms with Crippen LogP contribution < -0.4 is 0 Å². The van der Waals surface area contributed by atoms with Gasteiger partial charge in [0.15, 0.2) is 0 Å². The Morgan fingerprint density at radius 1 is 0.533 bits per heavy atom. The molecule has 0 heterocycles. The summed E-state index contributed by atoms with van der Waals surface area (Å²) in [6, 6.07) is 0. The molecule has 104 valence electrons. The van der Waals surface area contributed by atoms with Gasteiger partial charge in [-0.05, 0) is 0 Å². The fourth-order valence-electron chi connectivity index (χ4n) is 0. The summed E-state index contributed by atoms with van der Waals surface area (Å²) in [6.45, 7) is 0. The largest absolute Gasteiger partial charge is 3.00 e. The summed E-state index contributed by atoms with van der Waals surface area (Å²) in [4.78, 5) is 0. The smallest absolute Gasteiger partial charge is 0.759 e. The molecule has 0 aromatic carbocycles. The molecule has 0 spiro atoms. The molecule has 0 aliphatic rings. The van der Waals surface area contributed by atoms with Gasteiger partial charge in [0.05, 0.1) is 0 Å². The van der Waals surface area contributed by atoms with E-state index in [1.807, 2.05) is 0 Å². The van der Waals surface area contributed by atoms with Gasteiger partial charge in [-0.2, -0.15) is 0 Å². The van der Waals surface area contributed by atoms with Crippen molar-refractivity contribution in [2.75, 3.05) is 0 Å². The summed E-state index contributed by atoms with van der Waals surface area (Å²) in [5.74, 6) is 0. The van der Waals surface area contributed by atoms with E-state index in [9.17, 15) is 0 Å². The summed E-state index contributed by atoms with van der Waals surface area (Å²) in [5, 5.41) is 0. The Kier molecular flexibility index (Phi) is 628. The molecule has 0 aromatic rings. The van der Waals surface area contributed by atoms with Gasteiger partial charge in [-0.25, -0.2) is 0 Å². The SMILES string of the molecule is O.O.O.O.O.O.O.O.O.O=S(=O)([O-])[O-].[La+3]. The van der Waals surface area contributed by atoms with Crippen molar-refractivity contribution in [3.8, 4) is 0 Å².